The van der Waals surface area contributed by atoms with Gasteiger partial charge in [0.2, 0.25) is 5.91 Å². The summed E-state index contributed by atoms with van der Waals surface area (Å²) < 4.78 is 28.5. The highest BCUT2D eigenvalue weighted by Gasteiger charge is 2.31. The third-order valence-corrected chi connectivity index (χ3v) is 4.71. The molecular weight excluding hydrogens is 330 g/mol. The number of carbonyl (C=O) groups is 1. The van der Waals surface area contributed by atoms with Gasteiger partial charge in [0.25, 0.3) is 0 Å². The number of hydrogen-bond acceptors (Lipinski definition) is 4. The number of aryl methyl sites for hydroxylation is 2. The maximum atomic E-state index is 13.0. The number of carbonyl (C=O) groups excluding carboxylic acids is 1. The van der Waals surface area contributed by atoms with E-state index in [1.165, 1.54) is 0 Å². The Hall–Kier alpha value is -2.29. The second-order valence-electron chi connectivity index (χ2n) is 6.25. The first-order valence-corrected chi connectivity index (χ1v) is 8.20. The van der Waals surface area contributed by atoms with Gasteiger partial charge in [0.15, 0.2) is 0 Å². The van der Waals surface area contributed by atoms with Crippen molar-refractivity contribution in [2.75, 3.05) is 19.6 Å². The van der Waals surface area contributed by atoms with Crippen molar-refractivity contribution in [1.29, 1.82) is 0 Å². The average molecular weight is 352 g/mol. The number of aromatic nitrogens is 4. The highest BCUT2D eigenvalue weighted by Crippen LogP contribution is 2.24. The lowest BCUT2D eigenvalue weighted by molar-refractivity contribution is -0.134. The zero-order valence-corrected chi connectivity index (χ0v) is 14.5. The average Bonchev–Trinajstić information content (AvgIpc) is 3.13. The van der Waals surface area contributed by atoms with Gasteiger partial charge in [-0.15, -0.1) is 0 Å². The van der Waals surface area contributed by atoms with Crippen LogP contribution in [-0.4, -0.2) is 49.8 Å². The van der Waals surface area contributed by atoms with Gasteiger partial charge in [-0.1, -0.05) is 0 Å². The van der Waals surface area contributed by atoms with E-state index in [0.717, 1.165) is 5.82 Å². The van der Waals surface area contributed by atoms with Crippen LogP contribution >= 0.6 is 0 Å². The molecule has 0 spiro atoms. The minimum Gasteiger partial charge on any atom is -0.336 e. The number of alkyl halides is 2. The topological polar surface area (TPSA) is 68.0 Å². The van der Waals surface area contributed by atoms with E-state index >= 15 is 0 Å². The smallest absolute Gasteiger partial charge is 0.333 e. The van der Waals surface area contributed by atoms with Gasteiger partial charge in [-0.3, -0.25) is 4.79 Å². The van der Waals surface area contributed by atoms with Crippen LogP contribution in [-0.2, 0) is 18.3 Å². The second kappa shape index (κ2) is 6.91. The molecule has 2 aromatic rings. The van der Waals surface area contributed by atoms with Crippen LogP contribution in [0, 0.1) is 13.8 Å². The van der Waals surface area contributed by atoms with Gasteiger partial charge in [-0.25, -0.2) is 9.67 Å². The van der Waals surface area contributed by atoms with E-state index in [4.69, 9.17) is 0 Å². The predicted octanol–water partition coefficient (Wildman–Crippen LogP) is 1.34. The first kappa shape index (κ1) is 17.5. The van der Waals surface area contributed by atoms with Crippen LogP contribution in [0.4, 0.5) is 8.78 Å². The molecule has 1 fully saturated rings. The van der Waals surface area contributed by atoms with Crippen LogP contribution < -0.4 is 5.32 Å². The molecule has 25 heavy (non-hydrogen) atoms. The molecule has 3 heterocycles. The molecule has 1 atom stereocenters. The highest BCUT2D eigenvalue weighted by atomic mass is 19.3. The molecule has 0 saturated carbocycles. The predicted molar refractivity (Wildman–Crippen MR) is 87.2 cm³/mol. The Morgan fingerprint density at radius 3 is 2.80 bits per heavy atom. The Bertz CT molecular complexity index is 769. The van der Waals surface area contributed by atoms with Gasteiger partial charge in [0, 0.05) is 50.3 Å². The van der Waals surface area contributed by atoms with Crippen molar-refractivity contribution in [1.82, 2.24) is 29.5 Å². The van der Waals surface area contributed by atoms with Gasteiger partial charge in [-0.05, 0) is 13.8 Å². The monoisotopic (exact) mass is 352 g/mol. The van der Waals surface area contributed by atoms with E-state index in [2.05, 4.69) is 15.4 Å². The van der Waals surface area contributed by atoms with E-state index in [9.17, 15) is 13.6 Å². The zero-order valence-electron chi connectivity index (χ0n) is 14.5. The third-order valence-electron chi connectivity index (χ3n) is 4.71. The van der Waals surface area contributed by atoms with Crippen LogP contribution in [0.2, 0.25) is 0 Å². The fourth-order valence-electron chi connectivity index (χ4n) is 3.33. The lowest BCUT2D eigenvalue weighted by atomic mass is 10.1. The van der Waals surface area contributed by atoms with Crippen LogP contribution in [0.3, 0.4) is 0 Å². The van der Waals surface area contributed by atoms with Crippen molar-refractivity contribution in [2.45, 2.75) is 32.9 Å². The van der Waals surface area contributed by atoms with Gasteiger partial charge >= 0.3 is 6.55 Å². The summed E-state index contributed by atoms with van der Waals surface area (Å²) in [6, 6.07) is -0.174. The van der Waals surface area contributed by atoms with Gasteiger partial charge in [-0.2, -0.15) is 13.9 Å². The lowest BCUT2D eigenvalue weighted by Crippen LogP contribution is -2.50. The molecule has 9 heteroatoms. The maximum absolute atomic E-state index is 13.0. The number of halogens is 2. The number of rotatable bonds is 4. The SMILES string of the molecule is Cc1nn(C(F)F)c(C)c1CC(=O)N1CCNCC1c1nccn1C. The standard InChI is InChI=1S/C16H22F2N6O/c1-10-12(11(2)24(21-10)16(17)18)8-14(25)23-7-4-19-9-13(23)15-20-5-6-22(15)3/h5-6,13,16,19H,4,7-9H2,1-3H3. The summed E-state index contributed by atoms with van der Waals surface area (Å²) >= 11 is 0. The summed E-state index contributed by atoms with van der Waals surface area (Å²) in [7, 11) is 1.89. The minimum atomic E-state index is -2.71. The van der Waals surface area contributed by atoms with Gasteiger partial charge < -0.3 is 14.8 Å². The zero-order chi connectivity index (χ0) is 18.1. The van der Waals surface area contributed by atoms with E-state index < -0.39 is 6.55 Å². The fraction of sp³-hybridized carbons (Fsp3) is 0.562. The Balaban J connectivity index is 1.83. The van der Waals surface area contributed by atoms with Crippen LogP contribution in [0.5, 0.6) is 0 Å². The fourth-order valence-corrected chi connectivity index (χ4v) is 3.33. The van der Waals surface area contributed by atoms with E-state index in [0.29, 0.717) is 41.3 Å². The quantitative estimate of drug-likeness (QED) is 0.902. The largest absolute Gasteiger partial charge is 0.336 e. The molecule has 136 valence electrons. The first-order valence-electron chi connectivity index (χ1n) is 8.20. The number of hydrogen-bond donors (Lipinski definition) is 1. The Morgan fingerprint density at radius 1 is 1.44 bits per heavy atom. The van der Waals surface area contributed by atoms with Crippen LogP contribution in [0.15, 0.2) is 12.4 Å². The van der Waals surface area contributed by atoms with Crippen molar-refractivity contribution in [2.24, 2.45) is 7.05 Å². The Labute approximate surface area is 144 Å². The highest BCUT2D eigenvalue weighted by molar-refractivity contribution is 5.80. The number of nitrogens with zero attached hydrogens (tertiary/aromatic N) is 5. The first-order chi connectivity index (χ1) is 11.9. The molecule has 1 aliphatic rings. The summed E-state index contributed by atoms with van der Waals surface area (Å²) in [6.45, 7) is 2.39. The van der Waals surface area contributed by atoms with Crippen molar-refractivity contribution < 1.29 is 13.6 Å². The molecule has 3 rings (SSSR count). The normalized spacial score (nSPS) is 18.2. The van der Waals surface area contributed by atoms with E-state index in [1.807, 2.05) is 17.8 Å². The second-order valence-corrected chi connectivity index (χ2v) is 6.25. The van der Waals surface area contributed by atoms with Gasteiger partial charge in [0.1, 0.15) is 11.9 Å². The molecule has 0 aromatic carbocycles. The van der Waals surface area contributed by atoms with Crippen LogP contribution in [0.1, 0.15) is 35.4 Å². The van der Waals surface area contributed by atoms with Crippen LogP contribution in [0.25, 0.3) is 0 Å². The van der Waals surface area contributed by atoms with Crippen molar-refractivity contribution >= 4 is 5.91 Å². The molecule has 7 nitrogen and oxygen atoms in total. The van der Waals surface area contributed by atoms with Crippen molar-refractivity contribution in [3.63, 3.8) is 0 Å². The number of nitrogens with one attached hydrogen (secondary N) is 1. The molecule has 2 aromatic heterocycles. The molecule has 0 aliphatic carbocycles. The molecule has 1 saturated heterocycles. The number of amides is 1. The number of imidazole rings is 1. The molecule has 1 amide bonds. The summed E-state index contributed by atoms with van der Waals surface area (Å²) in [4.78, 5) is 19.0. The summed E-state index contributed by atoms with van der Waals surface area (Å²) in [5, 5.41) is 7.14. The molecule has 0 radical (unpaired) electrons. The lowest BCUT2D eigenvalue weighted by Gasteiger charge is -2.36. The maximum Gasteiger partial charge on any atom is 0.333 e. The third kappa shape index (κ3) is 3.28. The Morgan fingerprint density at radius 2 is 2.20 bits per heavy atom. The molecule has 1 N–H and O–H groups in total. The summed E-state index contributed by atoms with van der Waals surface area (Å²) in [6.07, 6.45) is 3.60. The number of piperazine rings is 1. The van der Waals surface area contributed by atoms with E-state index in [-0.39, 0.29) is 18.4 Å². The minimum absolute atomic E-state index is 0.0608. The summed E-state index contributed by atoms with van der Waals surface area (Å²) in [5.74, 6) is 0.701. The van der Waals surface area contributed by atoms with E-state index in [1.54, 1.807) is 24.9 Å². The Kier molecular flexibility index (Phi) is 4.85. The van der Waals surface area contributed by atoms with Gasteiger partial charge in [0.05, 0.1) is 12.1 Å². The molecule has 1 aliphatic heterocycles. The summed E-state index contributed by atoms with van der Waals surface area (Å²) in [5.41, 5.74) is 1.38. The van der Waals surface area contributed by atoms with Crippen molar-refractivity contribution in [3.05, 3.63) is 35.2 Å². The molecule has 0 bridgehead atoms. The molecule has 1 unspecified atom stereocenters. The molecular formula is C16H22F2N6O. The van der Waals surface area contributed by atoms with Crippen molar-refractivity contribution in [3.8, 4) is 0 Å².